The van der Waals surface area contributed by atoms with Crippen LogP contribution >= 0.6 is 0 Å². The Balaban J connectivity index is 1.20. The molecule has 3 aromatic heterocycles. The van der Waals surface area contributed by atoms with Crippen molar-refractivity contribution in [3.8, 4) is 5.82 Å². The molecule has 0 bridgehead atoms. The average molecular weight is 421 g/mol. The summed E-state index contributed by atoms with van der Waals surface area (Å²) >= 11 is 0. The Bertz CT molecular complexity index is 1120. The normalized spacial score (nSPS) is 17.3. The number of piperazine rings is 1. The van der Waals surface area contributed by atoms with Crippen LogP contribution < -0.4 is 10.5 Å². The van der Waals surface area contributed by atoms with Crippen LogP contribution in [0.4, 0.5) is 5.82 Å². The van der Waals surface area contributed by atoms with Gasteiger partial charge in [0.15, 0.2) is 5.82 Å². The Morgan fingerprint density at radius 2 is 1.74 bits per heavy atom. The minimum Gasteiger partial charge on any atom is -0.354 e. The van der Waals surface area contributed by atoms with Crippen LogP contribution in [0.1, 0.15) is 35.8 Å². The smallest absolute Gasteiger partial charge is 0.266 e. The van der Waals surface area contributed by atoms with Crippen molar-refractivity contribution in [2.24, 2.45) is 0 Å². The van der Waals surface area contributed by atoms with Crippen molar-refractivity contribution in [3.05, 3.63) is 58.0 Å². The van der Waals surface area contributed by atoms with Gasteiger partial charge in [-0.15, -0.1) is 5.10 Å². The van der Waals surface area contributed by atoms with Gasteiger partial charge in [-0.25, -0.2) is 19.3 Å². The number of hydrogen-bond acceptors (Lipinski definition) is 7. The lowest BCUT2D eigenvalue weighted by Gasteiger charge is -2.35. The highest BCUT2D eigenvalue weighted by Crippen LogP contribution is 2.39. The number of rotatable bonds is 6. The van der Waals surface area contributed by atoms with Crippen LogP contribution in [0.5, 0.6) is 0 Å². The van der Waals surface area contributed by atoms with Gasteiger partial charge < -0.3 is 4.90 Å². The molecule has 162 valence electrons. The summed E-state index contributed by atoms with van der Waals surface area (Å²) < 4.78 is 3.33. The summed E-state index contributed by atoms with van der Waals surface area (Å²) in [5, 5.41) is 9.02. The molecule has 4 heterocycles. The molecule has 0 unspecified atom stereocenters. The lowest BCUT2D eigenvalue weighted by Crippen LogP contribution is -2.48. The quantitative estimate of drug-likeness (QED) is 0.598. The van der Waals surface area contributed by atoms with Gasteiger partial charge in [0.05, 0.1) is 12.2 Å². The summed E-state index contributed by atoms with van der Waals surface area (Å²) in [5.41, 5.74) is 3.03. The number of aryl methyl sites for hydroxylation is 2. The van der Waals surface area contributed by atoms with Crippen LogP contribution in [-0.4, -0.2) is 67.2 Å². The lowest BCUT2D eigenvalue weighted by atomic mass is 10.2. The maximum atomic E-state index is 12.3. The number of anilines is 1. The van der Waals surface area contributed by atoms with E-state index < -0.39 is 0 Å². The van der Waals surface area contributed by atoms with E-state index in [2.05, 4.69) is 36.0 Å². The average Bonchev–Trinajstić information content (AvgIpc) is 3.58. The van der Waals surface area contributed by atoms with Crippen LogP contribution in [0.15, 0.2) is 35.4 Å². The molecule has 1 aliphatic carbocycles. The molecule has 5 rings (SSSR count). The first-order valence-corrected chi connectivity index (χ1v) is 11.0. The minimum atomic E-state index is -0.0856. The second-order valence-corrected chi connectivity index (χ2v) is 8.50. The summed E-state index contributed by atoms with van der Waals surface area (Å²) in [7, 11) is 0. The van der Waals surface area contributed by atoms with E-state index in [1.54, 1.807) is 27.8 Å². The minimum absolute atomic E-state index is 0.0856. The first-order valence-electron chi connectivity index (χ1n) is 11.0. The van der Waals surface area contributed by atoms with Crippen molar-refractivity contribution in [1.82, 2.24) is 34.4 Å². The molecule has 2 fully saturated rings. The van der Waals surface area contributed by atoms with Gasteiger partial charge in [-0.05, 0) is 38.8 Å². The maximum Gasteiger partial charge on any atom is 0.266 e. The molecular formula is C22H28N8O. The summed E-state index contributed by atoms with van der Waals surface area (Å²) in [6, 6.07) is 7.46. The van der Waals surface area contributed by atoms with Gasteiger partial charge in [0.25, 0.3) is 5.56 Å². The van der Waals surface area contributed by atoms with Gasteiger partial charge in [-0.3, -0.25) is 9.69 Å². The van der Waals surface area contributed by atoms with E-state index in [4.69, 9.17) is 0 Å². The predicted molar refractivity (Wildman–Crippen MR) is 118 cm³/mol. The molecular weight excluding hydrogens is 392 g/mol. The van der Waals surface area contributed by atoms with Gasteiger partial charge in [0.1, 0.15) is 12.1 Å². The summed E-state index contributed by atoms with van der Waals surface area (Å²) in [4.78, 5) is 25.9. The number of hydrogen-bond donors (Lipinski definition) is 0. The monoisotopic (exact) mass is 420 g/mol. The highest BCUT2D eigenvalue weighted by atomic mass is 16.1. The molecule has 31 heavy (non-hydrogen) atoms. The van der Waals surface area contributed by atoms with Crippen molar-refractivity contribution >= 4 is 5.82 Å². The highest BCUT2D eigenvalue weighted by molar-refractivity contribution is 5.41. The largest absolute Gasteiger partial charge is 0.354 e. The summed E-state index contributed by atoms with van der Waals surface area (Å²) in [6.45, 7) is 9.02. The molecule has 0 aromatic carbocycles. The van der Waals surface area contributed by atoms with Crippen molar-refractivity contribution in [3.63, 3.8) is 0 Å². The Morgan fingerprint density at radius 1 is 0.935 bits per heavy atom. The first kappa shape index (κ1) is 19.9. The molecule has 0 spiro atoms. The van der Waals surface area contributed by atoms with Crippen LogP contribution in [-0.2, 0) is 6.54 Å². The van der Waals surface area contributed by atoms with Gasteiger partial charge in [0, 0.05) is 62.2 Å². The summed E-state index contributed by atoms with van der Waals surface area (Å²) in [5.74, 6) is 2.34. The molecule has 1 saturated carbocycles. The second-order valence-electron chi connectivity index (χ2n) is 8.50. The van der Waals surface area contributed by atoms with Gasteiger partial charge in [0.2, 0.25) is 0 Å². The molecule has 0 amide bonds. The lowest BCUT2D eigenvalue weighted by molar-refractivity contribution is 0.242. The standard InChI is InChI=1S/C22H28N8O/c1-16-13-17(2)30(25-16)20-5-6-22(31)29(26-20)12-9-27-7-10-28(11-8-27)21-14-19(18-3-4-18)23-15-24-21/h5-6,13-15,18H,3-4,7-12H2,1-2H3. The Morgan fingerprint density at radius 3 is 2.45 bits per heavy atom. The maximum absolute atomic E-state index is 12.3. The van der Waals surface area contributed by atoms with Crippen molar-refractivity contribution in [1.29, 1.82) is 0 Å². The molecule has 9 heteroatoms. The molecule has 1 saturated heterocycles. The van der Waals surface area contributed by atoms with E-state index in [-0.39, 0.29) is 5.56 Å². The van der Waals surface area contributed by atoms with Crippen LogP contribution in [0.2, 0.25) is 0 Å². The second kappa shape index (κ2) is 8.22. The van der Waals surface area contributed by atoms with E-state index >= 15 is 0 Å². The molecule has 2 aliphatic rings. The van der Waals surface area contributed by atoms with E-state index in [1.165, 1.54) is 18.5 Å². The van der Waals surface area contributed by atoms with Crippen molar-refractivity contribution in [2.75, 3.05) is 37.6 Å². The Kier molecular flexibility index (Phi) is 5.27. The van der Waals surface area contributed by atoms with Crippen molar-refractivity contribution in [2.45, 2.75) is 39.2 Å². The van der Waals surface area contributed by atoms with Crippen LogP contribution in [0.3, 0.4) is 0 Å². The molecule has 0 N–H and O–H groups in total. The zero-order chi connectivity index (χ0) is 21.4. The van der Waals surface area contributed by atoms with Gasteiger partial charge >= 0.3 is 0 Å². The molecule has 3 aromatic rings. The highest BCUT2D eigenvalue weighted by Gasteiger charge is 2.26. The fourth-order valence-corrected chi connectivity index (χ4v) is 4.15. The topological polar surface area (TPSA) is 85.0 Å². The van der Waals surface area contributed by atoms with E-state index in [0.29, 0.717) is 18.3 Å². The fourth-order valence-electron chi connectivity index (χ4n) is 4.15. The molecule has 1 aliphatic heterocycles. The van der Waals surface area contributed by atoms with Gasteiger partial charge in [-0.1, -0.05) is 0 Å². The first-order chi connectivity index (χ1) is 15.1. The van der Waals surface area contributed by atoms with Crippen molar-refractivity contribution < 1.29 is 0 Å². The fraction of sp³-hybridized carbons (Fsp3) is 0.500. The zero-order valence-electron chi connectivity index (χ0n) is 18.1. The Hall–Kier alpha value is -3.07. The van der Waals surface area contributed by atoms with Crippen LogP contribution in [0.25, 0.3) is 5.82 Å². The number of nitrogens with zero attached hydrogens (tertiary/aromatic N) is 8. The molecule has 0 atom stereocenters. The number of aromatic nitrogens is 6. The molecule has 0 radical (unpaired) electrons. The van der Waals surface area contributed by atoms with Crippen LogP contribution in [0, 0.1) is 13.8 Å². The van der Waals surface area contributed by atoms with Gasteiger partial charge in [-0.2, -0.15) is 5.10 Å². The SMILES string of the molecule is Cc1cc(C)n(-c2ccc(=O)n(CCN3CCN(c4cc(C5CC5)ncn4)CC3)n2)n1. The van der Waals surface area contributed by atoms with E-state index in [1.807, 2.05) is 19.9 Å². The predicted octanol–water partition coefficient (Wildman–Crippen LogP) is 1.54. The Labute approximate surface area is 181 Å². The third-order valence-electron chi connectivity index (χ3n) is 6.07. The third kappa shape index (κ3) is 4.36. The zero-order valence-corrected chi connectivity index (χ0v) is 18.1. The van der Waals surface area contributed by atoms with E-state index in [0.717, 1.165) is 49.9 Å². The van der Waals surface area contributed by atoms with E-state index in [9.17, 15) is 4.79 Å². The molecule has 9 nitrogen and oxygen atoms in total. The third-order valence-corrected chi connectivity index (χ3v) is 6.07. The summed E-state index contributed by atoms with van der Waals surface area (Å²) in [6.07, 6.45) is 4.19.